The average molecular weight is 341 g/mol. The van der Waals surface area contributed by atoms with Crippen LogP contribution < -0.4 is 10.8 Å². The molecule has 0 saturated carbocycles. The van der Waals surface area contributed by atoms with Gasteiger partial charge in [-0.15, -0.1) is 0 Å². The van der Waals surface area contributed by atoms with Gasteiger partial charge in [-0.2, -0.15) is 0 Å². The third-order valence-corrected chi connectivity index (χ3v) is 2.71. The molecule has 1 aromatic rings. The van der Waals surface area contributed by atoms with Crippen molar-refractivity contribution >= 4 is 23.7 Å². The first-order valence-electron chi connectivity index (χ1n) is 6.54. The van der Waals surface area contributed by atoms with E-state index in [-0.39, 0.29) is 12.3 Å². The molecule has 0 heterocycles. The van der Waals surface area contributed by atoms with Crippen LogP contribution >= 0.6 is 0 Å². The highest BCUT2D eigenvalue weighted by Crippen LogP contribution is 2.12. The zero-order chi connectivity index (χ0) is 18.1. The van der Waals surface area contributed by atoms with Gasteiger partial charge >= 0.3 is 12.1 Å². The van der Waals surface area contributed by atoms with E-state index in [1.165, 1.54) is 31.4 Å². The summed E-state index contributed by atoms with van der Waals surface area (Å²) in [5.74, 6) is -2.16. The lowest BCUT2D eigenvalue weighted by Gasteiger charge is -2.14. The molecule has 0 bridgehead atoms. The minimum absolute atomic E-state index is 0.113. The van der Waals surface area contributed by atoms with Crippen LogP contribution in [-0.4, -0.2) is 41.2 Å². The normalized spacial score (nSPS) is 11.2. The van der Waals surface area contributed by atoms with Crippen LogP contribution in [0.2, 0.25) is 0 Å². The Hall–Kier alpha value is -3.21. The Morgan fingerprint density at radius 2 is 1.92 bits per heavy atom. The first-order valence-corrected chi connectivity index (χ1v) is 6.54. The van der Waals surface area contributed by atoms with E-state index in [0.717, 1.165) is 0 Å². The number of non-ortho nitro benzene ring substituents is 1. The second kappa shape index (κ2) is 9.05. The van der Waals surface area contributed by atoms with Crippen LogP contribution in [0.4, 0.5) is 10.5 Å². The lowest BCUT2D eigenvalue weighted by molar-refractivity contribution is -0.384. The number of benzene rings is 1. The number of nitro benzene ring substituents is 1. The summed E-state index contributed by atoms with van der Waals surface area (Å²) in [6.07, 6.45) is -1.60. The standard InChI is InChI=1S/C13H15N3O8/c1-23-15-11(17)6-10(12(18)19)14-13(20)24-7-8-2-4-9(5-3-8)16(21)22/h2-5,10H,6-7H2,1H3,(H,14,20)(H,15,17)(H,18,19). The lowest BCUT2D eigenvalue weighted by Crippen LogP contribution is -2.44. The zero-order valence-electron chi connectivity index (χ0n) is 12.6. The number of carboxylic acid groups (broad SMARTS) is 1. The van der Waals surface area contributed by atoms with E-state index < -0.39 is 35.4 Å². The Morgan fingerprint density at radius 1 is 1.29 bits per heavy atom. The molecule has 0 saturated heterocycles. The van der Waals surface area contributed by atoms with Crippen LogP contribution in [0.15, 0.2) is 24.3 Å². The number of carboxylic acids is 1. The van der Waals surface area contributed by atoms with Crippen LogP contribution in [0.1, 0.15) is 12.0 Å². The Balaban J connectivity index is 2.52. The van der Waals surface area contributed by atoms with Crippen molar-refractivity contribution in [1.82, 2.24) is 10.8 Å². The number of nitrogens with one attached hydrogen (secondary N) is 2. The maximum atomic E-state index is 11.6. The van der Waals surface area contributed by atoms with Gasteiger partial charge in [0, 0.05) is 12.1 Å². The summed E-state index contributed by atoms with van der Waals surface area (Å²) in [6, 6.07) is 3.78. The van der Waals surface area contributed by atoms with Crippen molar-refractivity contribution in [3.8, 4) is 0 Å². The van der Waals surface area contributed by atoms with E-state index in [2.05, 4.69) is 4.84 Å². The summed E-state index contributed by atoms with van der Waals surface area (Å²) in [6.45, 7) is -0.222. The number of rotatable bonds is 8. The number of ether oxygens (including phenoxy) is 1. The van der Waals surface area contributed by atoms with Crippen LogP contribution in [-0.2, 0) is 25.8 Å². The highest BCUT2D eigenvalue weighted by molar-refractivity contribution is 5.86. The molecule has 0 fully saturated rings. The monoisotopic (exact) mass is 341 g/mol. The molecular formula is C13H15N3O8. The minimum atomic E-state index is -1.50. The van der Waals surface area contributed by atoms with Gasteiger partial charge in [-0.1, -0.05) is 0 Å². The molecule has 130 valence electrons. The maximum Gasteiger partial charge on any atom is 0.408 e. The maximum absolute atomic E-state index is 11.6. The number of nitro groups is 1. The summed E-state index contributed by atoms with van der Waals surface area (Å²) < 4.78 is 4.80. The summed E-state index contributed by atoms with van der Waals surface area (Å²) in [5, 5.41) is 21.5. The topological polar surface area (TPSA) is 157 Å². The van der Waals surface area contributed by atoms with Gasteiger partial charge in [-0.3, -0.25) is 19.7 Å². The van der Waals surface area contributed by atoms with Gasteiger partial charge in [0.2, 0.25) is 5.91 Å². The van der Waals surface area contributed by atoms with E-state index in [0.29, 0.717) is 5.56 Å². The van der Waals surface area contributed by atoms with Crippen LogP contribution in [0.25, 0.3) is 0 Å². The lowest BCUT2D eigenvalue weighted by atomic mass is 10.2. The quantitative estimate of drug-likeness (QED) is 0.451. The van der Waals surface area contributed by atoms with Gasteiger partial charge in [0.1, 0.15) is 12.6 Å². The molecule has 0 spiro atoms. The number of hydrogen-bond acceptors (Lipinski definition) is 7. The highest BCUT2D eigenvalue weighted by Gasteiger charge is 2.24. The molecule has 0 aromatic heterocycles. The number of alkyl carbamates (subject to hydrolysis) is 1. The van der Waals surface area contributed by atoms with E-state index in [9.17, 15) is 24.5 Å². The van der Waals surface area contributed by atoms with Gasteiger partial charge < -0.3 is 15.2 Å². The zero-order valence-corrected chi connectivity index (χ0v) is 12.6. The number of aliphatic carboxylic acids is 1. The Bertz CT molecular complexity index is 616. The van der Waals surface area contributed by atoms with Crippen molar-refractivity contribution in [2.24, 2.45) is 0 Å². The van der Waals surface area contributed by atoms with E-state index >= 15 is 0 Å². The molecule has 1 unspecified atom stereocenters. The molecule has 1 aromatic carbocycles. The fourth-order valence-electron chi connectivity index (χ4n) is 1.59. The molecule has 11 nitrogen and oxygen atoms in total. The number of carbonyl (C=O) groups is 3. The molecule has 0 aliphatic rings. The van der Waals surface area contributed by atoms with E-state index in [1.54, 1.807) is 0 Å². The molecule has 0 aliphatic carbocycles. The van der Waals surface area contributed by atoms with Gasteiger partial charge in [0.15, 0.2) is 0 Å². The summed E-state index contributed by atoms with van der Waals surface area (Å²) in [4.78, 5) is 48.1. The molecule has 2 amide bonds. The first-order chi connectivity index (χ1) is 11.3. The third-order valence-electron chi connectivity index (χ3n) is 2.71. The van der Waals surface area contributed by atoms with Crippen LogP contribution in [0.3, 0.4) is 0 Å². The molecular weight excluding hydrogens is 326 g/mol. The molecule has 1 atom stereocenters. The van der Waals surface area contributed by atoms with E-state index in [4.69, 9.17) is 9.84 Å². The van der Waals surface area contributed by atoms with Gasteiger partial charge in [-0.05, 0) is 17.7 Å². The fourth-order valence-corrected chi connectivity index (χ4v) is 1.59. The SMILES string of the molecule is CONC(=O)CC(NC(=O)OCc1ccc([N+](=O)[O-])cc1)C(=O)O. The summed E-state index contributed by atoms with van der Waals surface area (Å²) >= 11 is 0. The summed E-state index contributed by atoms with van der Waals surface area (Å²) in [7, 11) is 1.18. The largest absolute Gasteiger partial charge is 0.480 e. The van der Waals surface area contributed by atoms with Crippen molar-refractivity contribution < 1.29 is 34.0 Å². The number of nitrogens with zero attached hydrogens (tertiary/aromatic N) is 1. The van der Waals surface area contributed by atoms with Gasteiger partial charge in [0.05, 0.1) is 18.5 Å². The minimum Gasteiger partial charge on any atom is -0.480 e. The fraction of sp³-hybridized carbons (Fsp3) is 0.308. The average Bonchev–Trinajstić information content (AvgIpc) is 2.52. The highest BCUT2D eigenvalue weighted by atomic mass is 16.6. The number of hydrogen-bond donors (Lipinski definition) is 3. The predicted molar refractivity (Wildman–Crippen MR) is 77.6 cm³/mol. The molecule has 1 rings (SSSR count). The third kappa shape index (κ3) is 6.27. The molecule has 0 aliphatic heterocycles. The van der Waals surface area contributed by atoms with Crippen molar-refractivity contribution in [3.05, 3.63) is 39.9 Å². The predicted octanol–water partition coefficient (Wildman–Crippen LogP) is 0.342. The van der Waals surface area contributed by atoms with Gasteiger partial charge in [-0.25, -0.2) is 15.1 Å². The Morgan fingerprint density at radius 3 is 2.42 bits per heavy atom. The van der Waals surface area contributed by atoms with E-state index in [1.807, 2.05) is 10.8 Å². The summed E-state index contributed by atoms with van der Waals surface area (Å²) in [5.41, 5.74) is 2.29. The molecule has 11 heteroatoms. The smallest absolute Gasteiger partial charge is 0.408 e. The molecule has 24 heavy (non-hydrogen) atoms. The van der Waals surface area contributed by atoms with Crippen molar-refractivity contribution in [3.63, 3.8) is 0 Å². The number of amides is 2. The van der Waals surface area contributed by atoms with Gasteiger partial charge in [0.25, 0.3) is 5.69 Å². The van der Waals surface area contributed by atoms with Crippen molar-refractivity contribution in [1.29, 1.82) is 0 Å². The Kier molecular flexibility index (Phi) is 7.10. The molecule has 0 radical (unpaired) electrons. The Labute approximate surface area is 135 Å². The van der Waals surface area contributed by atoms with Crippen molar-refractivity contribution in [2.45, 2.75) is 19.1 Å². The second-order valence-electron chi connectivity index (χ2n) is 4.47. The number of carbonyl (C=O) groups excluding carboxylic acids is 2. The van der Waals surface area contributed by atoms with Crippen molar-refractivity contribution in [2.75, 3.05) is 7.11 Å². The first kappa shape index (κ1) is 18.8. The molecule has 3 N–H and O–H groups in total. The second-order valence-corrected chi connectivity index (χ2v) is 4.47. The van der Waals surface area contributed by atoms with Crippen LogP contribution in [0.5, 0.6) is 0 Å². The number of hydroxylamine groups is 1. The van der Waals surface area contributed by atoms with Crippen LogP contribution in [0, 0.1) is 10.1 Å².